The van der Waals surface area contributed by atoms with Crippen LogP contribution in [0, 0.1) is 0 Å². The second-order valence-corrected chi connectivity index (χ2v) is 5.72. The lowest BCUT2D eigenvalue weighted by Gasteiger charge is -2.38. The van der Waals surface area contributed by atoms with Gasteiger partial charge in [-0.25, -0.2) is 8.78 Å². The first-order valence-electron chi connectivity index (χ1n) is 6.01. The summed E-state index contributed by atoms with van der Waals surface area (Å²) < 4.78 is 28.3. The van der Waals surface area contributed by atoms with Crippen LogP contribution in [0.2, 0.25) is 0 Å². The number of carbonyl (C=O) groups is 1. The summed E-state index contributed by atoms with van der Waals surface area (Å²) in [5.41, 5.74) is 1.16. The van der Waals surface area contributed by atoms with E-state index in [1.54, 1.807) is 10.6 Å². The SMILES string of the molecule is C=Cn1c(C(=O)N2CC(F)(F)C2)cc2ccc(Br)cc21. The molecule has 1 aliphatic heterocycles. The van der Waals surface area contributed by atoms with Crippen molar-refractivity contribution in [2.24, 2.45) is 0 Å². The third-order valence-electron chi connectivity index (χ3n) is 3.34. The number of amides is 1. The highest BCUT2D eigenvalue weighted by Crippen LogP contribution is 2.30. The van der Waals surface area contributed by atoms with E-state index in [0.717, 1.165) is 20.3 Å². The molecule has 2 aromatic rings. The standard InChI is InChI=1S/C14H11BrF2N2O/c1-2-19-11-6-10(15)4-3-9(11)5-12(19)13(20)18-7-14(16,17)8-18/h2-6H,1,7-8H2. The van der Waals surface area contributed by atoms with E-state index < -0.39 is 24.9 Å². The molecule has 0 saturated carbocycles. The molecule has 0 aliphatic carbocycles. The van der Waals surface area contributed by atoms with Crippen molar-refractivity contribution < 1.29 is 13.6 Å². The number of aromatic nitrogens is 1. The van der Waals surface area contributed by atoms with Gasteiger partial charge in [0.15, 0.2) is 0 Å². The topological polar surface area (TPSA) is 25.2 Å². The Labute approximate surface area is 122 Å². The summed E-state index contributed by atoms with van der Waals surface area (Å²) in [6.45, 7) is 2.65. The van der Waals surface area contributed by atoms with Gasteiger partial charge in [-0.15, -0.1) is 0 Å². The largest absolute Gasteiger partial charge is 0.325 e. The van der Waals surface area contributed by atoms with Crippen LogP contribution in [-0.2, 0) is 0 Å². The monoisotopic (exact) mass is 340 g/mol. The van der Waals surface area contributed by atoms with Crippen molar-refractivity contribution in [3.8, 4) is 0 Å². The van der Waals surface area contributed by atoms with Crippen LogP contribution in [-0.4, -0.2) is 34.4 Å². The molecule has 0 radical (unpaired) electrons. The molecule has 0 unspecified atom stereocenters. The van der Waals surface area contributed by atoms with Crippen molar-refractivity contribution in [1.29, 1.82) is 0 Å². The second-order valence-electron chi connectivity index (χ2n) is 4.80. The van der Waals surface area contributed by atoms with E-state index in [1.807, 2.05) is 18.2 Å². The number of hydrogen-bond acceptors (Lipinski definition) is 1. The third kappa shape index (κ3) is 2.04. The Kier molecular flexibility index (Phi) is 2.93. The Balaban J connectivity index is 2.03. The van der Waals surface area contributed by atoms with E-state index in [4.69, 9.17) is 0 Å². The minimum absolute atomic E-state index is 0.351. The molecule has 0 N–H and O–H groups in total. The predicted octanol–water partition coefficient (Wildman–Crippen LogP) is 3.60. The van der Waals surface area contributed by atoms with Crippen LogP contribution in [0.4, 0.5) is 8.78 Å². The molecule has 3 nitrogen and oxygen atoms in total. The number of likely N-dealkylation sites (tertiary alicyclic amines) is 1. The van der Waals surface area contributed by atoms with E-state index in [2.05, 4.69) is 22.5 Å². The van der Waals surface area contributed by atoms with Crippen molar-refractivity contribution in [3.63, 3.8) is 0 Å². The quantitative estimate of drug-likeness (QED) is 0.820. The van der Waals surface area contributed by atoms with Crippen LogP contribution in [0.25, 0.3) is 17.1 Å². The minimum atomic E-state index is -2.76. The van der Waals surface area contributed by atoms with Crippen LogP contribution in [0.1, 0.15) is 10.5 Å². The molecular weight excluding hydrogens is 330 g/mol. The Bertz CT molecular complexity index is 715. The van der Waals surface area contributed by atoms with Gasteiger partial charge < -0.3 is 9.47 Å². The Morgan fingerprint density at radius 1 is 1.35 bits per heavy atom. The highest BCUT2D eigenvalue weighted by Gasteiger charge is 2.46. The van der Waals surface area contributed by atoms with Gasteiger partial charge >= 0.3 is 0 Å². The van der Waals surface area contributed by atoms with E-state index in [0.29, 0.717) is 5.69 Å². The summed E-state index contributed by atoms with van der Waals surface area (Å²) in [4.78, 5) is 13.4. The Morgan fingerprint density at radius 2 is 2.05 bits per heavy atom. The Morgan fingerprint density at radius 3 is 2.65 bits per heavy atom. The highest BCUT2D eigenvalue weighted by molar-refractivity contribution is 9.10. The zero-order chi connectivity index (χ0) is 14.5. The zero-order valence-electron chi connectivity index (χ0n) is 10.4. The van der Waals surface area contributed by atoms with Crippen molar-refractivity contribution in [3.05, 3.63) is 41.0 Å². The van der Waals surface area contributed by atoms with Crippen molar-refractivity contribution >= 4 is 38.9 Å². The second kappa shape index (κ2) is 4.41. The van der Waals surface area contributed by atoms with Gasteiger partial charge in [0.25, 0.3) is 11.8 Å². The van der Waals surface area contributed by atoms with Gasteiger partial charge in [-0.2, -0.15) is 0 Å². The van der Waals surface area contributed by atoms with Gasteiger partial charge in [0, 0.05) is 16.1 Å². The number of halogens is 3. The Hall–Kier alpha value is -1.69. The summed E-state index contributed by atoms with van der Waals surface area (Å²) >= 11 is 3.37. The molecule has 20 heavy (non-hydrogen) atoms. The molecule has 1 amide bonds. The first-order valence-corrected chi connectivity index (χ1v) is 6.81. The lowest BCUT2D eigenvalue weighted by molar-refractivity contribution is -0.113. The molecule has 1 aromatic carbocycles. The van der Waals surface area contributed by atoms with Gasteiger partial charge in [0.2, 0.25) is 0 Å². The van der Waals surface area contributed by atoms with E-state index >= 15 is 0 Å². The summed E-state index contributed by atoms with van der Waals surface area (Å²) in [6, 6.07) is 7.28. The van der Waals surface area contributed by atoms with Crippen molar-refractivity contribution in [2.75, 3.05) is 13.1 Å². The van der Waals surface area contributed by atoms with E-state index in [1.165, 1.54) is 6.20 Å². The first-order chi connectivity index (χ1) is 9.41. The number of rotatable bonds is 2. The summed E-state index contributed by atoms with van der Waals surface area (Å²) in [7, 11) is 0. The summed E-state index contributed by atoms with van der Waals surface area (Å²) in [5, 5.41) is 0.865. The smallest absolute Gasteiger partial charge is 0.282 e. The van der Waals surface area contributed by atoms with Gasteiger partial charge in [-0.05, 0) is 18.2 Å². The molecule has 2 heterocycles. The van der Waals surface area contributed by atoms with Gasteiger partial charge in [-0.1, -0.05) is 28.6 Å². The maximum atomic E-state index is 12.9. The van der Waals surface area contributed by atoms with Crippen LogP contribution in [0.5, 0.6) is 0 Å². The predicted molar refractivity (Wildman–Crippen MR) is 76.9 cm³/mol. The van der Waals surface area contributed by atoms with Crippen LogP contribution < -0.4 is 0 Å². The number of fused-ring (bicyclic) bond motifs is 1. The van der Waals surface area contributed by atoms with Gasteiger partial charge in [0.1, 0.15) is 5.69 Å². The highest BCUT2D eigenvalue weighted by atomic mass is 79.9. The third-order valence-corrected chi connectivity index (χ3v) is 3.83. The van der Waals surface area contributed by atoms with Crippen LogP contribution in [0.15, 0.2) is 35.3 Å². The fourth-order valence-corrected chi connectivity index (χ4v) is 2.72. The first kappa shape index (κ1) is 13.3. The molecule has 1 saturated heterocycles. The fourth-order valence-electron chi connectivity index (χ4n) is 2.37. The molecule has 104 valence electrons. The molecule has 6 heteroatoms. The van der Waals surface area contributed by atoms with E-state index in [-0.39, 0.29) is 0 Å². The molecular formula is C14H11BrF2N2O. The van der Waals surface area contributed by atoms with Gasteiger partial charge in [0.05, 0.1) is 18.6 Å². The van der Waals surface area contributed by atoms with Crippen molar-refractivity contribution in [2.45, 2.75) is 5.92 Å². The fraction of sp³-hybridized carbons (Fsp3) is 0.214. The summed E-state index contributed by atoms with van der Waals surface area (Å²) in [5.74, 6) is -3.16. The van der Waals surface area contributed by atoms with Gasteiger partial charge in [-0.3, -0.25) is 4.79 Å². The number of carbonyl (C=O) groups excluding carboxylic acids is 1. The maximum Gasteiger partial charge on any atom is 0.282 e. The molecule has 0 bridgehead atoms. The lowest BCUT2D eigenvalue weighted by Crippen LogP contribution is -2.58. The molecule has 1 fully saturated rings. The average Bonchev–Trinajstić information content (AvgIpc) is 2.72. The number of alkyl halides is 2. The van der Waals surface area contributed by atoms with Crippen LogP contribution >= 0.6 is 15.9 Å². The summed E-state index contributed by atoms with van der Waals surface area (Å²) in [6.07, 6.45) is 1.51. The molecule has 1 aliphatic rings. The maximum absolute atomic E-state index is 12.9. The zero-order valence-corrected chi connectivity index (χ0v) is 12.0. The lowest BCUT2D eigenvalue weighted by atomic mass is 10.1. The van der Waals surface area contributed by atoms with Crippen LogP contribution in [0.3, 0.4) is 0 Å². The van der Waals surface area contributed by atoms with E-state index in [9.17, 15) is 13.6 Å². The number of nitrogens with zero attached hydrogens (tertiary/aromatic N) is 2. The number of hydrogen-bond donors (Lipinski definition) is 0. The molecule has 0 spiro atoms. The average molecular weight is 341 g/mol. The van der Waals surface area contributed by atoms with Crippen molar-refractivity contribution in [1.82, 2.24) is 9.47 Å². The molecule has 1 aromatic heterocycles. The number of benzene rings is 1. The normalized spacial score (nSPS) is 17.1. The minimum Gasteiger partial charge on any atom is -0.325 e. The molecule has 3 rings (SSSR count). The molecule has 0 atom stereocenters.